The van der Waals surface area contributed by atoms with Gasteiger partial charge in [0.25, 0.3) is 5.69 Å². The molecule has 2 aromatic carbocycles. The molecule has 0 saturated heterocycles. The number of nitro groups is 1. The molecule has 0 fully saturated rings. The molecule has 8 nitrogen and oxygen atoms in total. The topological polar surface area (TPSA) is 106 Å². The summed E-state index contributed by atoms with van der Waals surface area (Å²) in [5.74, 6) is -0.651. The Hall–Kier alpha value is -4.20. The van der Waals surface area contributed by atoms with Crippen LogP contribution in [-0.2, 0) is 9.59 Å². The molecule has 3 atom stereocenters. The van der Waals surface area contributed by atoms with Crippen LogP contribution in [0.2, 0.25) is 0 Å². The maximum atomic E-state index is 13.7. The first-order valence-corrected chi connectivity index (χ1v) is 11.2. The molecule has 0 spiro atoms. The van der Waals surface area contributed by atoms with Crippen molar-refractivity contribution in [1.29, 1.82) is 0 Å². The molecule has 5 rings (SSSR count). The third-order valence-electron chi connectivity index (χ3n) is 6.44. The molecule has 1 aliphatic heterocycles. The number of ketones is 1. The molecule has 172 valence electrons. The summed E-state index contributed by atoms with van der Waals surface area (Å²) in [5, 5.41) is 14.7. The van der Waals surface area contributed by atoms with Gasteiger partial charge in [-0.05, 0) is 29.8 Å². The normalized spacial score (nSPS) is 21.6. The van der Waals surface area contributed by atoms with Crippen LogP contribution in [0.25, 0.3) is 0 Å². The monoisotopic (exact) mass is 457 g/mol. The zero-order valence-electron chi connectivity index (χ0n) is 18.5. The second-order valence-electron chi connectivity index (χ2n) is 8.45. The third-order valence-corrected chi connectivity index (χ3v) is 6.44. The number of carbonyl (C=O) groups excluding carboxylic acids is 2. The van der Waals surface area contributed by atoms with E-state index in [2.05, 4.69) is 5.32 Å². The summed E-state index contributed by atoms with van der Waals surface area (Å²) in [6, 6.07) is 16.7. The van der Waals surface area contributed by atoms with E-state index in [4.69, 9.17) is 4.42 Å². The van der Waals surface area contributed by atoms with E-state index in [1.165, 1.54) is 18.4 Å². The fraction of sp³-hybridized carbons (Fsp3) is 0.231. The number of rotatable bonds is 4. The Kier molecular flexibility index (Phi) is 5.49. The van der Waals surface area contributed by atoms with Crippen LogP contribution in [0.1, 0.15) is 43.0 Å². The van der Waals surface area contributed by atoms with E-state index in [0.717, 1.165) is 0 Å². The number of non-ortho nitro benzene ring substituents is 1. The van der Waals surface area contributed by atoms with Crippen molar-refractivity contribution in [2.45, 2.75) is 31.7 Å². The van der Waals surface area contributed by atoms with Crippen LogP contribution in [0.3, 0.4) is 0 Å². The SMILES string of the molecule is CCC(=O)N1c2ccccc2NC2=CC(c3cccc([N+](=O)[O-])c3)CC(=O)C2C1c1ccco1. The van der Waals surface area contributed by atoms with Gasteiger partial charge in [-0.2, -0.15) is 0 Å². The number of carbonyl (C=O) groups is 2. The van der Waals surface area contributed by atoms with Crippen LogP contribution < -0.4 is 10.2 Å². The van der Waals surface area contributed by atoms with Gasteiger partial charge in [-0.3, -0.25) is 24.6 Å². The molecule has 3 aromatic rings. The molecule has 1 aliphatic carbocycles. The predicted molar refractivity (Wildman–Crippen MR) is 126 cm³/mol. The predicted octanol–water partition coefficient (Wildman–Crippen LogP) is 5.35. The number of nitrogens with one attached hydrogen (secondary N) is 1. The number of hydrogen-bond acceptors (Lipinski definition) is 6. The van der Waals surface area contributed by atoms with Gasteiger partial charge in [-0.15, -0.1) is 0 Å². The lowest BCUT2D eigenvalue weighted by molar-refractivity contribution is -0.384. The minimum Gasteiger partial charge on any atom is -0.467 e. The lowest BCUT2D eigenvalue weighted by Crippen LogP contribution is -2.42. The highest BCUT2D eigenvalue weighted by atomic mass is 16.6. The lowest BCUT2D eigenvalue weighted by atomic mass is 9.77. The van der Waals surface area contributed by atoms with Crippen LogP contribution in [0.5, 0.6) is 0 Å². The summed E-state index contributed by atoms with van der Waals surface area (Å²) in [5.41, 5.74) is 2.72. The number of nitrogens with zero attached hydrogens (tertiary/aromatic N) is 2. The molecule has 34 heavy (non-hydrogen) atoms. The minimum absolute atomic E-state index is 0.0159. The molecule has 0 saturated carbocycles. The van der Waals surface area contributed by atoms with Gasteiger partial charge in [-0.1, -0.05) is 37.3 Å². The van der Waals surface area contributed by atoms with Crippen LogP contribution in [0.4, 0.5) is 17.1 Å². The number of nitro benzene ring substituents is 1. The van der Waals surface area contributed by atoms with Crippen LogP contribution in [0, 0.1) is 16.0 Å². The van der Waals surface area contributed by atoms with Gasteiger partial charge in [-0.25, -0.2) is 0 Å². The van der Waals surface area contributed by atoms with E-state index in [1.54, 1.807) is 36.1 Å². The summed E-state index contributed by atoms with van der Waals surface area (Å²) in [4.78, 5) is 39.4. The highest BCUT2D eigenvalue weighted by molar-refractivity contribution is 6.01. The zero-order chi connectivity index (χ0) is 23.8. The van der Waals surface area contributed by atoms with Crippen molar-refractivity contribution >= 4 is 28.8 Å². The summed E-state index contributed by atoms with van der Waals surface area (Å²) in [6.07, 6.45) is 3.93. The van der Waals surface area contributed by atoms with Crippen molar-refractivity contribution in [3.63, 3.8) is 0 Å². The standard InChI is InChI=1S/C26H23N3O5/c1-2-24(31)28-21-10-4-3-9-19(21)27-20-14-17(16-7-5-8-18(13-16)29(32)33)15-22(30)25(20)26(28)23-11-6-12-34-23/h3-14,17,25-27H,2,15H2,1H3. The van der Waals surface area contributed by atoms with E-state index >= 15 is 0 Å². The molecule has 8 heteroatoms. The third kappa shape index (κ3) is 3.67. The maximum absolute atomic E-state index is 13.7. The van der Waals surface area contributed by atoms with Gasteiger partial charge in [0.1, 0.15) is 17.6 Å². The molecule has 1 N–H and O–H groups in total. The quantitative estimate of drug-likeness (QED) is 0.418. The largest absolute Gasteiger partial charge is 0.467 e. The Balaban J connectivity index is 1.68. The van der Waals surface area contributed by atoms with Crippen molar-refractivity contribution in [3.8, 4) is 0 Å². The van der Waals surface area contributed by atoms with Crippen LogP contribution in [-0.4, -0.2) is 16.6 Å². The van der Waals surface area contributed by atoms with Crippen LogP contribution >= 0.6 is 0 Å². The Bertz CT molecular complexity index is 1300. The molecule has 0 radical (unpaired) electrons. The average molecular weight is 457 g/mol. The number of allylic oxidation sites excluding steroid dienone is 1. The second-order valence-corrected chi connectivity index (χ2v) is 8.45. The summed E-state index contributed by atoms with van der Waals surface area (Å²) in [7, 11) is 0. The molecular formula is C26H23N3O5. The Labute approximate surface area is 196 Å². The highest BCUT2D eigenvalue weighted by Gasteiger charge is 2.46. The van der Waals surface area contributed by atoms with Gasteiger partial charge in [0.2, 0.25) is 5.91 Å². The Morgan fingerprint density at radius 1 is 1.18 bits per heavy atom. The number of hydrogen-bond donors (Lipinski definition) is 1. The van der Waals surface area contributed by atoms with E-state index in [9.17, 15) is 19.7 Å². The smallest absolute Gasteiger partial charge is 0.269 e. The van der Waals surface area contributed by atoms with Gasteiger partial charge in [0, 0.05) is 36.6 Å². The summed E-state index contributed by atoms with van der Waals surface area (Å²) < 4.78 is 5.74. The molecular weight excluding hydrogens is 434 g/mol. The maximum Gasteiger partial charge on any atom is 0.269 e. The average Bonchev–Trinajstić information content (AvgIpc) is 3.33. The Morgan fingerprint density at radius 2 is 2.00 bits per heavy atom. The first-order chi connectivity index (χ1) is 16.5. The van der Waals surface area contributed by atoms with E-state index < -0.39 is 16.9 Å². The van der Waals surface area contributed by atoms with Crippen molar-refractivity contribution in [1.82, 2.24) is 0 Å². The molecule has 1 aromatic heterocycles. The van der Waals surface area contributed by atoms with Crippen molar-refractivity contribution in [2.75, 3.05) is 10.2 Å². The number of furan rings is 1. The molecule has 2 aliphatic rings. The molecule has 0 bridgehead atoms. The highest BCUT2D eigenvalue weighted by Crippen LogP contribution is 2.48. The van der Waals surface area contributed by atoms with E-state index in [1.807, 2.05) is 30.3 Å². The van der Waals surface area contributed by atoms with Crippen molar-refractivity contribution in [2.24, 2.45) is 5.92 Å². The molecule has 1 amide bonds. The van der Waals surface area contributed by atoms with Crippen molar-refractivity contribution in [3.05, 3.63) is 100 Å². The molecule has 3 unspecified atom stereocenters. The van der Waals surface area contributed by atoms with Gasteiger partial charge < -0.3 is 9.73 Å². The Morgan fingerprint density at radius 3 is 2.74 bits per heavy atom. The number of benzene rings is 2. The van der Waals surface area contributed by atoms with Gasteiger partial charge >= 0.3 is 0 Å². The van der Waals surface area contributed by atoms with Crippen molar-refractivity contribution < 1.29 is 18.9 Å². The van der Waals surface area contributed by atoms with Crippen LogP contribution in [0.15, 0.2) is 83.1 Å². The number of fused-ring (bicyclic) bond motifs is 2. The first-order valence-electron chi connectivity index (χ1n) is 11.2. The van der Waals surface area contributed by atoms with Gasteiger partial charge in [0.05, 0.1) is 28.5 Å². The zero-order valence-corrected chi connectivity index (χ0v) is 18.5. The second kappa shape index (κ2) is 8.62. The molecule has 2 heterocycles. The number of Topliss-reactive ketones (excluding diaryl/α,β-unsaturated/α-hetero) is 1. The number of para-hydroxylation sites is 2. The summed E-state index contributed by atoms with van der Waals surface area (Å²) in [6.45, 7) is 1.79. The minimum atomic E-state index is -0.663. The summed E-state index contributed by atoms with van der Waals surface area (Å²) >= 11 is 0. The first kappa shape index (κ1) is 21.6. The van der Waals surface area contributed by atoms with E-state index in [0.29, 0.717) is 28.4 Å². The fourth-order valence-corrected chi connectivity index (χ4v) is 4.90. The number of amides is 1. The number of anilines is 2. The van der Waals surface area contributed by atoms with E-state index in [-0.39, 0.29) is 36.1 Å². The fourth-order valence-electron chi connectivity index (χ4n) is 4.90. The van der Waals surface area contributed by atoms with Gasteiger partial charge in [0.15, 0.2) is 0 Å². The lowest BCUT2D eigenvalue weighted by Gasteiger charge is -2.36.